The molecule has 1 N–H and O–H groups in total. The van der Waals surface area contributed by atoms with Gasteiger partial charge in [0, 0.05) is 48.8 Å². The Bertz CT molecular complexity index is 1120. The number of anilines is 1. The van der Waals surface area contributed by atoms with E-state index in [1.54, 1.807) is 12.1 Å². The van der Waals surface area contributed by atoms with Crippen LogP contribution in [0, 0.1) is 20.8 Å². The van der Waals surface area contributed by atoms with Gasteiger partial charge >= 0.3 is 5.97 Å². The third kappa shape index (κ3) is 3.93. The van der Waals surface area contributed by atoms with Crippen LogP contribution >= 0.6 is 0 Å². The van der Waals surface area contributed by atoms with E-state index in [9.17, 15) is 14.7 Å². The van der Waals surface area contributed by atoms with Crippen LogP contribution in [0.1, 0.15) is 37.7 Å². The predicted octanol–water partition coefficient (Wildman–Crippen LogP) is 4.06. The molecule has 4 rings (SSSR count). The van der Waals surface area contributed by atoms with E-state index in [0.29, 0.717) is 24.3 Å². The summed E-state index contributed by atoms with van der Waals surface area (Å²) in [4.78, 5) is 29.2. The number of aromatic carboxylic acids is 1. The Kier molecular flexibility index (Phi) is 5.55. The first-order valence-corrected chi connectivity index (χ1v) is 10.5. The molecule has 0 spiro atoms. The average molecular weight is 418 g/mol. The lowest BCUT2D eigenvalue weighted by atomic mass is 10.1. The second kappa shape index (κ2) is 8.30. The van der Waals surface area contributed by atoms with Crippen molar-refractivity contribution in [1.82, 2.24) is 9.47 Å². The van der Waals surface area contributed by atoms with Gasteiger partial charge in [-0.25, -0.2) is 4.79 Å². The summed E-state index contributed by atoms with van der Waals surface area (Å²) in [5, 5.41) is 9.67. The molecule has 1 saturated heterocycles. The Labute approximate surface area is 182 Å². The molecule has 0 radical (unpaired) electrons. The molecule has 0 atom stereocenters. The van der Waals surface area contributed by atoms with Gasteiger partial charge in [0.2, 0.25) is 0 Å². The highest BCUT2D eigenvalue weighted by Gasteiger charge is 2.24. The lowest BCUT2D eigenvalue weighted by Crippen LogP contribution is -2.49. The number of piperazine rings is 1. The van der Waals surface area contributed by atoms with E-state index < -0.39 is 5.97 Å². The van der Waals surface area contributed by atoms with Crippen molar-refractivity contribution in [3.63, 3.8) is 0 Å². The topological polar surface area (TPSA) is 65.8 Å². The molecule has 1 fully saturated rings. The number of para-hydroxylation sites is 1. The van der Waals surface area contributed by atoms with Crippen molar-refractivity contribution in [3.8, 4) is 5.69 Å². The van der Waals surface area contributed by atoms with Crippen molar-refractivity contribution in [2.45, 2.75) is 20.8 Å². The molecule has 2 aromatic carbocycles. The fourth-order valence-electron chi connectivity index (χ4n) is 4.33. The Morgan fingerprint density at radius 2 is 1.45 bits per heavy atom. The van der Waals surface area contributed by atoms with Gasteiger partial charge in [-0.1, -0.05) is 18.2 Å². The molecule has 2 heterocycles. The third-order valence-corrected chi connectivity index (χ3v) is 6.01. The number of rotatable bonds is 4. The minimum Gasteiger partial charge on any atom is -0.478 e. The van der Waals surface area contributed by atoms with Gasteiger partial charge in [0.25, 0.3) is 5.91 Å². The lowest BCUT2D eigenvalue weighted by Gasteiger charge is -2.37. The van der Waals surface area contributed by atoms with Crippen LogP contribution in [0.5, 0.6) is 0 Å². The number of hydrogen-bond acceptors (Lipinski definition) is 3. The van der Waals surface area contributed by atoms with Gasteiger partial charge in [-0.05, 0) is 62.7 Å². The first-order chi connectivity index (χ1) is 14.9. The summed E-state index contributed by atoms with van der Waals surface area (Å²) in [5.41, 5.74) is 5.51. The summed E-state index contributed by atoms with van der Waals surface area (Å²) in [6, 6.07) is 17.0. The van der Waals surface area contributed by atoms with Gasteiger partial charge in [0.15, 0.2) is 0 Å². The minimum absolute atomic E-state index is 0.0647. The third-order valence-electron chi connectivity index (χ3n) is 6.01. The quantitative estimate of drug-likeness (QED) is 0.695. The minimum atomic E-state index is -1.01. The van der Waals surface area contributed by atoms with E-state index in [0.717, 1.165) is 24.5 Å². The fourth-order valence-corrected chi connectivity index (χ4v) is 4.33. The maximum absolute atomic E-state index is 13.2. The summed E-state index contributed by atoms with van der Waals surface area (Å²) in [7, 11) is 0. The number of carboxylic acid groups (broad SMARTS) is 1. The Morgan fingerprint density at radius 1 is 0.806 bits per heavy atom. The van der Waals surface area contributed by atoms with E-state index in [1.165, 1.54) is 17.3 Å². The van der Waals surface area contributed by atoms with Crippen molar-refractivity contribution in [3.05, 3.63) is 82.7 Å². The molecular formula is C25H27N3O3. The number of carbonyl (C=O) groups excluding carboxylic acids is 1. The number of nitrogens with zero attached hydrogens (tertiary/aromatic N) is 3. The van der Waals surface area contributed by atoms with E-state index in [1.807, 2.05) is 47.6 Å². The van der Waals surface area contributed by atoms with Crippen LogP contribution in [0.2, 0.25) is 0 Å². The summed E-state index contributed by atoms with van der Waals surface area (Å²) < 4.78 is 1.89. The van der Waals surface area contributed by atoms with Crippen molar-refractivity contribution in [2.24, 2.45) is 0 Å². The Hall–Kier alpha value is -3.54. The number of benzene rings is 2. The van der Waals surface area contributed by atoms with Crippen LogP contribution in [0.4, 0.5) is 5.69 Å². The Balaban J connectivity index is 1.58. The number of carboxylic acids is 1. The summed E-state index contributed by atoms with van der Waals surface area (Å²) in [5.74, 6) is -1.07. The van der Waals surface area contributed by atoms with Gasteiger partial charge in [-0.15, -0.1) is 0 Å². The molecule has 0 saturated carbocycles. The molecule has 160 valence electrons. The molecule has 1 amide bonds. The van der Waals surface area contributed by atoms with Gasteiger partial charge < -0.3 is 19.5 Å². The van der Waals surface area contributed by atoms with E-state index >= 15 is 0 Å². The number of hydrogen-bond donors (Lipinski definition) is 1. The highest BCUT2D eigenvalue weighted by atomic mass is 16.4. The highest BCUT2D eigenvalue weighted by Crippen LogP contribution is 2.24. The zero-order valence-electron chi connectivity index (χ0n) is 18.1. The van der Waals surface area contributed by atoms with Crippen LogP contribution in [0.15, 0.2) is 54.6 Å². The highest BCUT2D eigenvalue weighted by molar-refractivity contribution is 5.98. The first-order valence-electron chi connectivity index (χ1n) is 10.5. The molecule has 1 aliphatic rings. The SMILES string of the molecule is Cc1ccccc1N1CCN(C(=O)c2ccc(C(=O)O)c(-n3c(C)ccc3C)c2)CC1. The number of aromatic nitrogens is 1. The van der Waals surface area contributed by atoms with E-state index in [-0.39, 0.29) is 11.5 Å². The maximum Gasteiger partial charge on any atom is 0.337 e. The summed E-state index contributed by atoms with van der Waals surface area (Å²) >= 11 is 0. The zero-order valence-corrected chi connectivity index (χ0v) is 18.1. The first kappa shape index (κ1) is 20.7. The molecule has 6 heteroatoms. The molecule has 0 aliphatic carbocycles. The van der Waals surface area contributed by atoms with Crippen LogP contribution in [-0.2, 0) is 0 Å². The van der Waals surface area contributed by atoms with Gasteiger partial charge in [-0.2, -0.15) is 0 Å². The molecule has 0 bridgehead atoms. The molecule has 1 aromatic heterocycles. The lowest BCUT2D eigenvalue weighted by molar-refractivity contribution is 0.0693. The van der Waals surface area contributed by atoms with Crippen LogP contribution in [0.25, 0.3) is 5.69 Å². The smallest absolute Gasteiger partial charge is 0.337 e. The largest absolute Gasteiger partial charge is 0.478 e. The standard InChI is InChI=1S/C25H27N3O3/c1-17-6-4-5-7-22(17)26-12-14-27(15-13-26)24(29)20-10-11-21(25(30)31)23(16-20)28-18(2)8-9-19(28)3/h4-11,16H,12-15H2,1-3H3,(H,30,31). The second-order valence-corrected chi connectivity index (χ2v) is 8.05. The number of aryl methyl sites for hydroxylation is 3. The fraction of sp³-hybridized carbons (Fsp3) is 0.280. The summed E-state index contributed by atoms with van der Waals surface area (Å²) in [6.07, 6.45) is 0. The van der Waals surface area contributed by atoms with Crippen molar-refractivity contribution in [2.75, 3.05) is 31.1 Å². The molecular weight excluding hydrogens is 390 g/mol. The molecule has 6 nitrogen and oxygen atoms in total. The van der Waals surface area contributed by atoms with Gasteiger partial charge in [-0.3, -0.25) is 4.79 Å². The van der Waals surface area contributed by atoms with Crippen molar-refractivity contribution < 1.29 is 14.7 Å². The molecule has 3 aromatic rings. The van der Waals surface area contributed by atoms with Crippen molar-refractivity contribution in [1.29, 1.82) is 0 Å². The number of amides is 1. The molecule has 1 aliphatic heterocycles. The maximum atomic E-state index is 13.2. The number of carbonyl (C=O) groups is 2. The zero-order chi connectivity index (χ0) is 22.1. The van der Waals surface area contributed by atoms with Crippen LogP contribution < -0.4 is 4.90 Å². The van der Waals surface area contributed by atoms with E-state index in [2.05, 4.69) is 24.0 Å². The second-order valence-electron chi connectivity index (χ2n) is 8.05. The molecule has 0 unspecified atom stereocenters. The van der Waals surface area contributed by atoms with Crippen molar-refractivity contribution >= 4 is 17.6 Å². The van der Waals surface area contributed by atoms with Gasteiger partial charge in [0.05, 0.1) is 11.3 Å². The molecule has 31 heavy (non-hydrogen) atoms. The summed E-state index contributed by atoms with van der Waals surface area (Å²) in [6.45, 7) is 8.76. The predicted molar refractivity (Wildman–Crippen MR) is 121 cm³/mol. The Morgan fingerprint density at radius 3 is 2.06 bits per heavy atom. The van der Waals surface area contributed by atoms with Gasteiger partial charge in [0.1, 0.15) is 0 Å². The van der Waals surface area contributed by atoms with E-state index in [4.69, 9.17) is 0 Å². The average Bonchev–Trinajstić information content (AvgIpc) is 3.11. The normalized spacial score (nSPS) is 14.0. The monoisotopic (exact) mass is 417 g/mol. The van der Waals surface area contributed by atoms with Crippen LogP contribution in [-0.4, -0.2) is 52.6 Å². The van der Waals surface area contributed by atoms with Crippen LogP contribution in [0.3, 0.4) is 0 Å².